The highest BCUT2D eigenvalue weighted by atomic mass is 16.3. The van der Waals surface area contributed by atoms with Crippen LogP contribution in [0.3, 0.4) is 0 Å². The summed E-state index contributed by atoms with van der Waals surface area (Å²) in [7, 11) is 0. The van der Waals surface area contributed by atoms with Crippen molar-refractivity contribution in [3.63, 3.8) is 0 Å². The summed E-state index contributed by atoms with van der Waals surface area (Å²) in [5.74, 6) is -0.156. The SMILES string of the molecule is CCCCCCC/C=C/CC/C=C/CCCC(O)C(O)C(CO)NC(=O)CCCCCCCCCCCCCCCCCCCCCC. The summed E-state index contributed by atoms with van der Waals surface area (Å²) in [4.78, 5) is 12.4. The van der Waals surface area contributed by atoms with Gasteiger partial charge in [-0.2, -0.15) is 0 Å². The molecule has 0 spiro atoms. The smallest absolute Gasteiger partial charge is 0.220 e. The number of carbonyl (C=O) groups is 1. The van der Waals surface area contributed by atoms with Gasteiger partial charge in [-0.15, -0.1) is 0 Å². The molecular formula is C43H83NO4. The average molecular weight is 678 g/mol. The van der Waals surface area contributed by atoms with Crippen LogP contribution in [0.4, 0.5) is 0 Å². The van der Waals surface area contributed by atoms with Crippen molar-refractivity contribution in [1.82, 2.24) is 5.32 Å². The molecule has 1 amide bonds. The van der Waals surface area contributed by atoms with E-state index in [1.54, 1.807) is 0 Å². The van der Waals surface area contributed by atoms with Crippen molar-refractivity contribution in [1.29, 1.82) is 0 Å². The Hall–Kier alpha value is -1.17. The quantitative estimate of drug-likeness (QED) is 0.0387. The molecule has 0 aliphatic heterocycles. The van der Waals surface area contributed by atoms with Crippen molar-refractivity contribution in [2.45, 2.75) is 238 Å². The average Bonchev–Trinajstić information content (AvgIpc) is 3.09. The minimum absolute atomic E-state index is 0.156. The summed E-state index contributed by atoms with van der Waals surface area (Å²) < 4.78 is 0. The van der Waals surface area contributed by atoms with Gasteiger partial charge in [0.25, 0.3) is 0 Å². The summed E-state index contributed by atoms with van der Waals surface area (Å²) in [5.41, 5.74) is 0. The number of nitrogens with one attached hydrogen (secondary N) is 1. The second kappa shape index (κ2) is 38.6. The Morgan fingerprint density at radius 3 is 1.27 bits per heavy atom. The Labute approximate surface area is 299 Å². The Kier molecular flexibility index (Phi) is 37.7. The lowest BCUT2D eigenvalue weighted by atomic mass is 10.0. The Morgan fingerprint density at radius 1 is 0.500 bits per heavy atom. The van der Waals surface area contributed by atoms with Gasteiger partial charge in [0.05, 0.1) is 18.8 Å². The van der Waals surface area contributed by atoms with Crippen LogP contribution in [0.15, 0.2) is 24.3 Å². The lowest BCUT2D eigenvalue weighted by Gasteiger charge is -2.26. The first-order valence-electron chi connectivity index (χ1n) is 21.1. The van der Waals surface area contributed by atoms with Gasteiger partial charge in [0.1, 0.15) is 6.10 Å². The molecule has 0 saturated heterocycles. The van der Waals surface area contributed by atoms with Crippen LogP contribution in [0, 0.1) is 0 Å². The van der Waals surface area contributed by atoms with Crippen LogP contribution in [0.25, 0.3) is 0 Å². The van der Waals surface area contributed by atoms with E-state index in [2.05, 4.69) is 43.5 Å². The molecule has 0 fully saturated rings. The number of rotatable bonds is 38. The number of allylic oxidation sites excluding steroid dienone is 4. The monoisotopic (exact) mass is 678 g/mol. The van der Waals surface area contributed by atoms with Gasteiger partial charge in [-0.3, -0.25) is 4.79 Å². The Bertz CT molecular complexity index is 709. The number of hydrogen-bond donors (Lipinski definition) is 4. The standard InChI is InChI=1S/C43H83NO4/c1-3-5-7-9-11-13-15-17-19-20-21-22-23-24-26-28-30-32-34-36-38-42(47)44-40(39-45)43(48)41(46)37-35-33-31-29-27-25-18-16-14-12-10-8-6-4-2/h16,18,29,31,40-41,43,45-46,48H,3-15,17,19-28,30,32-39H2,1-2H3,(H,44,47)/b18-16+,31-29+. The molecule has 0 aromatic rings. The topological polar surface area (TPSA) is 89.8 Å². The largest absolute Gasteiger partial charge is 0.394 e. The molecule has 0 aliphatic carbocycles. The van der Waals surface area contributed by atoms with E-state index < -0.39 is 18.2 Å². The summed E-state index contributed by atoms with van der Waals surface area (Å²) in [6, 6.07) is -0.827. The summed E-state index contributed by atoms with van der Waals surface area (Å²) in [6.07, 6.45) is 45.7. The van der Waals surface area contributed by atoms with Crippen molar-refractivity contribution in [3.8, 4) is 0 Å². The molecule has 5 heteroatoms. The molecule has 0 aliphatic rings. The van der Waals surface area contributed by atoms with E-state index in [9.17, 15) is 20.1 Å². The normalized spacial score (nSPS) is 13.9. The maximum absolute atomic E-state index is 12.4. The van der Waals surface area contributed by atoms with Crippen LogP contribution < -0.4 is 5.32 Å². The minimum Gasteiger partial charge on any atom is -0.394 e. The van der Waals surface area contributed by atoms with E-state index in [4.69, 9.17) is 0 Å². The summed E-state index contributed by atoms with van der Waals surface area (Å²) in [6.45, 7) is 4.15. The number of amides is 1. The minimum atomic E-state index is -1.16. The third kappa shape index (κ3) is 33.3. The predicted octanol–water partition coefficient (Wildman–Crippen LogP) is 11.8. The molecule has 0 aromatic carbocycles. The highest BCUT2D eigenvalue weighted by Crippen LogP contribution is 2.16. The zero-order valence-corrected chi connectivity index (χ0v) is 32.1. The zero-order chi connectivity index (χ0) is 35.2. The third-order valence-corrected chi connectivity index (χ3v) is 9.79. The predicted molar refractivity (Wildman–Crippen MR) is 208 cm³/mol. The van der Waals surface area contributed by atoms with Crippen molar-refractivity contribution >= 4 is 5.91 Å². The van der Waals surface area contributed by atoms with E-state index in [1.165, 1.54) is 148 Å². The molecule has 0 bridgehead atoms. The molecule has 0 rings (SSSR count). The molecule has 5 nitrogen and oxygen atoms in total. The number of carbonyl (C=O) groups excluding carboxylic acids is 1. The molecule has 0 saturated carbocycles. The molecule has 4 N–H and O–H groups in total. The van der Waals surface area contributed by atoms with E-state index in [1.807, 2.05) is 0 Å². The first-order chi connectivity index (χ1) is 23.6. The number of aliphatic hydroxyl groups is 3. The van der Waals surface area contributed by atoms with Crippen LogP contribution in [-0.4, -0.2) is 46.1 Å². The molecule has 3 unspecified atom stereocenters. The van der Waals surface area contributed by atoms with Crippen molar-refractivity contribution in [2.75, 3.05) is 6.61 Å². The van der Waals surface area contributed by atoms with Gasteiger partial charge >= 0.3 is 0 Å². The maximum atomic E-state index is 12.4. The molecule has 284 valence electrons. The van der Waals surface area contributed by atoms with Crippen LogP contribution in [0.2, 0.25) is 0 Å². The van der Waals surface area contributed by atoms with Gasteiger partial charge in [-0.25, -0.2) is 0 Å². The fourth-order valence-electron chi connectivity index (χ4n) is 6.47. The second-order valence-corrected chi connectivity index (χ2v) is 14.5. The van der Waals surface area contributed by atoms with Gasteiger partial charge < -0.3 is 20.6 Å². The molecule has 0 heterocycles. The van der Waals surface area contributed by atoms with Crippen LogP contribution >= 0.6 is 0 Å². The highest BCUT2D eigenvalue weighted by molar-refractivity contribution is 5.76. The Morgan fingerprint density at radius 2 is 0.854 bits per heavy atom. The van der Waals surface area contributed by atoms with Gasteiger partial charge in [0.15, 0.2) is 0 Å². The lowest BCUT2D eigenvalue weighted by molar-refractivity contribution is -0.124. The van der Waals surface area contributed by atoms with Gasteiger partial charge in [0, 0.05) is 6.42 Å². The molecule has 3 atom stereocenters. The van der Waals surface area contributed by atoms with Crippen LogP contribution in [-0.2, 0) is 4.79 Å². The summed E-state index contributed by atoms with van der Waals surface area (Å²) in [5, 5.41) is 33.4. The van der Waals surface area contributed by atoms with E-state index in [0.29, 0.717) is 12.8 Å². The van der Waals surface area contributed by atoms with Gasteiger partial charge in [-0.1, -0.05) is 186 Å². The van der Waals surface area contributed by atoms with Crippen molar-refractivity contribution in [3.05, 3.63) is 24.3 Å². The fraction of sp³-hybridized carbons (Fsp3) is 0.884. The number of unbranched alkanes of at least 4 members (excludes halogenated alkanes) is 26. The number of hydrogen-bond acceptors (Lipinski definition) is 4. The highest BCUT2D eigenvalue weighted by Gasteiger charge is 2.26. The molecule has 0 radical (unpaired) electrons. The van der Waals surface area contributed by atoms with Crippen molar-refractivity contribution < 1.29 is 20.1 Å². The molecule has 0 aromatic heterocycles. The van der Waals surface area contributed by atoms with Crippen LogP contribution in [0.1, 0.15) is 219 Å². The second-order valence-electron chi connectivity index (χ2n) is 14.5. The zero-order valence-electron chi connectivity index (χ0n) is 32.1. The van der Waals surface area contributed by atoms with Gasteiger partial charge in [0.2, 0.25) is 5.91 Å². The molecule has 48 heavy (non-hydrogen) atoms. The third-order valence-electron chi connectivity index (χ3n) is 9.79. The van der Waals surface area contributed by atoms with E-state index in [0.717, 1.165) is 44.9 Å². The first kappa shape index (κ1) is 46.8. The molecular weight excluding hydrogens is 594 g/mol. The number of aliphatic hydroxyl groups excluding tert-OH is 3. The van der Waals surface area contributed by atoms with E-state index in [-0.39, 0.29) is 12.5 Å². The first-order valence-corrected chi connectivity index (χ1v) is 21.1. The fourth-order valence-corrected chi connectivity index (χ4v) is 6.47. The summed E-state index contributed by atoms with van der Waals surface area (Å²) >= 11 is 0. The maximum Gasteiger partial charge on any atom is 0.220 e. The lowest BCUT2D eigenvalue weighted by Crippen LogP contribution is -2.50. The van der Waals surface area contributed by atoms with E-state index >= 15 is 0 Å². The Balaban J connectivity index is 3.66. The van der Waals surface area contributed by atoms with Crippen molar-refractivity contribution in [2.24, 2.45) is 0 Å². The van der Waals surface area contributed by atoms with Gasteiger partial charge in [-0.05, 0) is 51.4 Å². The van der Waals surface area contributed by atoms with Crippen LogP contribution in [0.5, 0.6) is 0 Å².